The second-order valence-electron chi connectivity index (χ2n) is 4.22. The SMILES string of the molecule is Cc1cc(C)c(NC(=O)c2cccnc2)cc1N. The molecular weight excluding hydrogens is 226 g/mol. The van der Waals surface area contributed by atoms with Gasteiger partial charge in [0.15, 0.2) is 0 Å². The predicted molar refractivity (Wildman–Crippen MR) is 72.5 cm³/mol. The first-order valence-electron chi connectivity index (χ1n) is 5.66. The highest BCUT2D eigenvalue weighted by molar-refractivity contribution is 6.04. The average Bonchev–Trinajstić information content (AvgIpc) is 2.37. The summed E-state index contributed by atoms with van der Waals surface area (Å²) >= 11 is 0. The summed E-state index contributed by atoms with van der Waals surface area (Å²) in [5.74, 6) is -0.186. The van der Waals surface area contributed by atoms with Crippen molar-refractivity contribution in [3.05, 3.63) is 53.3 Å². The Balaban J connectivity index is 2.25. The average molecular weight is 241 g/mol. The summed E-state index contributed by atoms with van der Waals surface area (Å²) in [6.07, 6.45) is 3.16. The molecule has 2 rings (SSSR count). The third-order valence-electron chi connectivity index (χ3n) is 2.78. The van der Waals surface area contributed by atoms with E-state index in [9.17, 15) is 4.79 Å². The molecule has 92 valence electrons. The molecule has 0 aliphatic heterocycles. The maximum Gasteiger partial charge on any atom is 0.257 e. The molecule has 0 saturated heterocycles. The second kappa shape index (κ2) is 4.87. The van der Waals surface area contributed by atoms with Gasteiger partial charge >= 0.3 is 0 Å². The fourth-order valence-electron chi connectivity index (χ4n) is 1.70. The second-order valence-corrected chi connectivity index (χ2v) is 4.22. The molecule has 0 unspecified atom stereocenters. The third-order valence-corrected chi connectivity index (χ3v) is 2.78. The number of hydrogen-bond acceptors (Lipinski definition) is 3. The number of nitrogen functional groups attached to an aromatic ring is 1. The van der Waals surface area contributed by atoms with Gasteiger partial charge in [-0.2, -0.15) is 0 Å². The fraction of sp³-hybridized carbons (Fsp3) is 0.143. The van der Waals surface area contributed by atoms with Crippen LogP contribution in [0.25, 0.3) is 0 Å². The van der Waals surface area contributed by atoms with E-state index in [1.165, 1.54) is 6.20 Å². The molecule has 0 bridgehead atoms. The molecule has 18 heavy (non-hydrogen) atoms. The minimum Gasteiger partial charge on any atom is -0.398 e. The number of nitrogens with zero attached hydrogens (tertiary/aromatic N) is 1. The van der Waals surface area contributed by atoms with Crippen LogP contribution in [0, 0.1) is 13.8 Å². The van der Waals surface area contributed by atoms with Crippen molar-refractivity contribution in [3.8, 4) is 0 Å². The zero-order chi connectivity index (χ0) is 13.1. The van der Waals surface area contributed by atoms with Gasteiger partial charge in [-0.1, -0.05) is 6.07 Å². The maximum absolute atomic E-state index is 12.0. The monoisotopic (exact) mass is 241 g/mol. The largest absolute Gasteiger partial charge is 0.398 e. The van der Waals surface area contributed by atoms with Gasteiger partial charge in [0.2, 0.25) is 0 Å². The number of anilines is 2. The van der Waals surface area contributed by atoms with Crippen LogP contribution in [0.15, 0.2) is 36.7 Å². The molecule has 1 heterocycles. The van der Waals surface area contributed by atoms with Crippen molar-refractivity contribution >= 4 is 17.3 Å². The van der Waals surface area contributed by atoms with Gasteiger partial charge in [0.1, 0.15) is 0 Å². The number of carbonyl (C=O) groups excluding carboxylic acids is 1. The normalized spacial score (nSPS) is 10.1. The Kier molecular flexibility index (Phi) is 3.28. The first-order chi connectivity index (χ1) is 8.58. The number of benzene rings is 1. The summed E-state index contributed by atoms with van der Waals surface area (Å²) in [6.45, 7) is 3.88. The Morgan fingerprint density at radius 1 is 1.28 bits per heavy atom. The highest BCUT2D eigenvalue weighted by atomic mass is 16.1. The predicted octanol–water partition coefficient (Wildman–Crippen LogP) is 2.53. The first-order valence-corrected chi connectivity index (χ1v) is 5.66. The summed E-state index contributed by atoms with van der Waals surface area (Å²) in [6, 6.07) is 7.17. The quantitative estimate of drug-likeness (QED) is 0.794. The highest BCUT2D eigenvalue weighted by Gasteiger charge is 2.08. The molecule has 0 saturated carbocycles. The van der Waals surface area contributed by atoms with Crippen molar-refractivity contribution in [1.82, 2.24) is 4.98 Å². The van der Waals surface area contributed by atoms with Crippen molar-refractivity contribution in [2.75, 3.05) is 11.1 Å². The molecule has 0 spiro atoms. The van der Waals surface area contributed by atoms with E-state index in [4.69, 9.17) is 5.73 Å². The molecule has 1 amide bonds. The lowest BCUT2D eigenvalue weighted by molar-refractivity contribution is 0.102. The molecule has 1 aromatic carbocycles. The topological polar surface area (TPSA) is 68.0 Å². The number of aryl methyl sites for hydroxylation is 2. The Morgan fingerprint density at radius 3 is 2.72 bits per heavy atom. The highest BCUT2D eigenvalue weighted by Crippen LogP contribution is 2.22. The van der Waals surface area contributed by atoms with E-state index >= 15 is 0 Å². The number of rotatable bonds is 2. The van der Waals surface area contributed by atoms with Crippen molar-refractivity contribution in [3.63, 3.8) is 0 Å². The lowest BCUT2D eigenvalue weighted by Gasteiger charge is -2.11. The van der Waals surface area contributed by atoms with Crippen molar-refractivity contribution in [2.24, 2.45) is 0 Å². The van der Waals surface area contributed by atoms with E-state index in [0.717, 1.165) is 16.8 Å². The zero-order valence-corrected chi connectivity index (χ0v) is 10.4. The zero-order valence-electron chi connectivity index (χ0n) is 10.4. The van der Waals surface area contributed by atoms with Crippen LogP contribution in [0.5, 0.6) is 0 Å². The number of hydrogen-bond donors (Lipinski definition) is 2. The molecule has 1 aromatic heterocycles. The molecule has 2 aromatic rings. The van der Waals surface area contributed by atoms with Crippen LogP contribution < -0.4 is 11.1 Å². The van der Waals surface area contributed by atoms with Gasteiger partial charge in [0.25, 0.3) is 5.91 Å². The van der Waals surface area contributed by atoms with Crippen LogP contribution in [0.2, 0.25) is 0 Å². The van der Waals surface area contributed by atoms with Crippen LogP contribution in [-0.2, 0) is 0 Å². The van der Waals surface area contributed by atoms with Gasteiger partial charge in [-0.3, -0.25) is 9.78 Å². The molecule has 0 aliphatic carbocycles. The number of nitrogens with one attached hydrogen (secondary N) is 1. The lowest BCUT2D eigenvalue weighted by Crippen LogP contribution is -2.13. The lowest BCUT2D eigenvalue weighted by atomic mass is 10.1. The Bertz CT molecular complexity index is 579. The van der Waals surface area contributed by atoms with Gasteiger partial charge in [0, 0.05) is 23.8 Å². The first kappa shape index (κ1) is 12.1. The maximum atomic E-state index is 12.0. The minimum atomic E-state index is -0.186. The van der Waals surface area contributed by atoms with Gasteiger partial charge in [0.05, 0.1) is 5.56 Å². The Hall–Kier alpha value is -2.36. The van der Waals surface area contributed by atoms with Crippen molar-refractivity contribution < 1.29 is 4.79 Å². The standard InChI is InChI=1S/C14H15N3O/c1-9-6-10(2)13(7-12(9)15)17-14(18)11-4-3-5-16-8-11/h3-8H,15H2,1-2H3,(H,17,18). The van der Waals surface area contributed by atoms with Crippen molar-refractivity contribution in [1.29, 1.82) is 0 Å². The van der Waals surface area contributed by atoms with E-state index in [1.807, 2.05) is 19.9 Å². The van der Waals surface area contributed by atoms with Crippen molar-refractivity contribution in [2.45, 2.75) is 13.8 Å². The number of pyridine rings is 1. The number of carbonyl (C=O) groups is 1. The number of amides is 1. The molecule has 0 fully saturated rings. The molecule has 4 heteroatoms. The smallest absolute Gasteiger partial charge is 0.257 e. The van der Waals surface area contributed by atoms with E-state index < -0.39 is 0 Å². The molecule has 4 nitrogen and oxygen atoms in total. The minimum absolute atomic E-state index is 0.186. The van der Waals surface area contributed by atoms with E-state index in [0.29, 0.717) is 11.3 Å². The molecule has 0 atom stereocenters. The summed E-state index contributed by atoms with van der Waals surface area (Å²) < 4.78 is 0. The van der Waals surface area contributed by atoms with Crippen LogP contribution in [0.3, 0.4) is 0 Å². The van der Waals surface area contributed by atoms with Gasteiger partial charge in [-0.15, -0.1) is 0 Å². The molecule has 0 aliphatic rings. The molecule has 0 radical (unpaired) electrons. The van der Waals surface area contributed by atoms with E-state index in [2.05, 4.69) is 10.3 Å². The summed E-state index contributed by atoms with van der Waals surface area (Å²) in [5.41, 5.74) is 9.75. The van der Waals surface area contributed by atoms with E-state index in [-0.39, 0.29) is 5.91 Å². The van der Waals surface area contributed by atoms with Crippen LogP contribution >= 0.6 is 0 Å². The Morgan fingerprint density at radius 2 is 2.06 bits per heavy atom. The molecule has 3 N–H and O–H groups in total. The number of aromatic nitrogens is 1. The van der Waals surface area contributed by atoms with Gasteiger partial charge in [-0.25, -0.2) is 0 Å². The summed E-state index contributed by atoms with van der Waals surface area (Å²) in [5, 5.41) is 2.84. The Labute approximate surface area is 106 Å². The van der Waals surface area contributed by atoms with Crippen LogP contribution in [-0.4, -0.2) is 10.9 Å². The van der Waals surface area contributed by atoms with Gasteiger partial charge < -0.3 is 11.1 Å². The van der Waals surface area contributed by atoms with E-state index in [1.54, 1.807) is 24.4 Å². The fourth-order valence-corrected chi connectivity index (χ4v) is 1.70. The summed E-state index contributed by atoms with van der Waals surface area (Å²) in [4.78, 5) is 15.9. The van der Waals surface area contributed by atoms with Crippen LogP contribution in [0.1, 0.15) is 21.5 Å². The number of nitrogens with two attached hydrogens (primary N) is 1. The summed E-state index contributed by atoms with van der Waals surface area (Å²) in [7, 11) is 0. The third kappa shape index (κ3) is 2.48. The van der Waals surface area contributed by atoms with Crippen LogP contribution in [0.4, 0.5) is 11.4 Å². The van der Waals surface area contributed by atoms with Gasteiger partial charge in [-0.05, 0) is 43.2 Å². The molecular formula is C14H15N3O.